The van der Waals surface area contributed by atoms with Gasteiger partial charge in [0.15, 0.2) is 0 Å². The van der Waals surface area contributed by atoms with E-state index in [-0.39, 0.29) is 0 Å². The van der Waals surface area contributed by atoms with Crippen molar-refractivity contribution in [2.24, 2.45) is 0 Å². The second-order valence-corrected chi connectivity index (χ2v) is 5.96. The van der Waals surface area contributed by atoms with Gasteiger partial charge in [0.25, 0.3) is 0 Å². The minimum absolute atomic E-state index is 0.308. The molecule has 0 aromatic heterocycles. The van der Waals surface area contributed by atoms with Crippen LogP contribution in [0.1, 0.15) is 36.7 Å². The first-order valence-corrected chi connectivity index (χ1v) is 7.56. The molecule has 0 saturated heterocycles. The smallest absolute Gasteiger partial charge is 0.338 e. The molecule has 0 bridgehead atoms. The van der Waals surface area contributed by atoms with Gasteiger partial charge in [-0.25, -0.2) is 9.59 Å². The molecule has 0 heterocycles. The van der Waals surface area contributed by atoms with Crippen LogP contribution < -0.4 is 4.74 Å². The first-order valence-electron chi connectivity index (χ1n) is 7.56. The van der Waals surface area contributed by atoms with Crippen molar-refractivity contribution in [3.8, 4) is 5.75 Å². The summed E-state index contributed by atoms with van der Waals surface area (Å²) in [6.07, 6.45) is 0. The van der Waals surface area contributed by atoms with E-state index in [1.807, 2.05) is 44.2 Å². The molecule has 2 rings (SSSR count). The van der Waals surface area contributed by atoms with Gasteiger partial charge in [-0.05, 0) is 50.6 Å². The molecule has 4 heteroatoms. The molecule has 0 atom stereocenters. The van der Waals surface area contributed by atoms with Crippen molar-refractivity contribution < 1.29 is 19.1 Å². The molecule has 0 radical (unpaired) electrons. The van der Waals surface area contributed by atoms with E-state index >= 15 is 0 Å². The predicted octanol–water partition coefficient (Wildman–Crippen LogP) is 4.26. The van der Waals surface area contributed by atoms with Crippen LogP contribution in [0.2, 0.25) is 0 Å². The van der Waals surface area contributed by atoms with Crippen LogP contribution in [0.5, 0.6) is 5.75 Å². The number of hydrogen-bond acceptors (Lipinski definition) is 4. The standard InChI is InChI=1S/C20H20O4/c1-14(2)18(21)23-17-12-10-15(11-13-17)19(22)24-20(3,4)16-8-6-5-7-9-16/h5-13H,1H2,2-4H3. The van der Waals surface area contributed by atoms with Crippen molar-refractivity contribution in [2.45, 2.75) is 26.4 Å². The Balaban J connectivity index is 2.07. The van der Waals surface area contributed by atoms with Gasteiger partial charge < -0.3 is 9.47 Å². The quantitative estimate of drug-likeness (QED) is 0.468. The maximum absolute atomic E-state index is 12.3. The SMILES string of the molecule is C=C(C)C(=O)Oc1ccc(C(=O)OC(C)(C)c2ccccc2)cc1. The van der Waals surface area contributed by atoms with E-state index in [2.05, 4.69) is 6.58 Å². The molecule has 0 aliphatic rings. The van der Waals surface area contributed by atoms with Gasteiger partial charge in [-0.2, -0.15) is 0 Å². The van der Waals surface area contributed by atoms with Crippen molar-refractivity contribution in [1.29, 1.82) is 0 Å². The van der Waals surface area contributed by atoms with E-state index < -0.39 is 17.5 Å². The number of carbonyl (C=O) groups excluding carboxylic acids is 2. The Kier molecular flexibility index (Phi) is 5.19. The van der Waals surface area contributed by atoms with E-state index in [0.717, 1.165) is 5.56 Å². The monoisotopic (exact) mass is 324 g/mol. The Morgan fingerprint density at radius 1 is 0.958 bits per heavy atom. The van der Waals surface area contributed by atoms with Crippen molar-refractivity contribution in [2.75, 3.05) is 0 Å². The van der Waals surface area contributed by atoms with Crippen LogP contribution in [-0.2, 0) is 15.1 Å². The normalized spacial score (nSPS) is 10.8. The minimum atomic E-state index is -0.747. The molecule has 0 aliphatic carbocycles. The highest BCUT2D eigenvalue weighted by Gasteiger charge is 2.25. The van der Waals surface area contributed by atoms with E-state index in [1.54, 1.807) is 31.2 Å². The molecule has 0 amide bonds. The van der Waals surface area contributed by atoms with Gasteiger partial charge in [0.05, 0.1) is 5.56 Å². The van der Waals surface area contributed by atoms with Crippen LogP contribution >= 0.6 is 0 Å². The van der Waals surface area contributed by atoms with E-state index in [9.17, 15) is 9.59 Å². The molecule has 0 unspecified atom stereocenters. The van der Waals surface area contributed by atoms with Gasteiger partial charge in [0.1, 0.15) is 11.4 Å². The van der Waals surface area contributed by atoms with Gasteiger partial charge in [-0.3, -0.25) is 0 Å². The predicted molar refractivity (Wildman–Crippen MR) is 91.8 cm³/mol. The maximum atomic E-state index is 12.3. The first kappa shape index (κ1) is 17.5. The zero-order valence-corrected chi connectivity index (χ0v) is 14.0. The summed E-state index contributed by atoms with van der Waals surface area (Å²) in [4.78, 5) is 23.8. The van der Waals surface area contributed by atoms with Crippen LogP contribution in [0.15, 0.2) is 66.7 Å². The minimum Gasteiger partial charge on any atom is -0.451 e. The number of hydrogen-bond donors (Lipinski definition) is 0. The number of carbonyl (C=O) groups is 2. The first-order chi connectivity index (χ1) is 11.3. The average Bonchev–Trinajstić information content (AvgIpc) is 2.55. The number of rotatable bonds is 5. The third-order valence-corrected chi connectivity index (χ3v) is 3.47. The lowest BCUT2D eigenvalue weighted by Crippen LogP contribution is -2.25. The van der Waals surface area contributed by atoms with E-state index in [4.69, 9.17) is 9.47 Å². The Hall–Kier alpha value is -2.88. The van der Waals surface area contributed by atoms with Crippen LogP contribution in [0.3, 0.4) is 0 Å². The molecule has 0 N–H and O–H groups in total. The zero-order chi connectivity index (χ0) is 17.7. The van der Waals surface area contributed by atoms with E-state index in [0.29, 0.717) is 16.9 Å². The fraction of sp³-hybridized carbons (Fsp3) is 0.200. The molecule has 2 aromatic rings. The summed E-state index contributed by atoms with van der Waals surface area (Å²) < 4.78 is 10.7. The van der Waals surface area contributed by atoms with Crippen molar-refractivity contribution >= 4 is 11.9 Å². The molecule has 0 spiro atoms. The van der Waals surface area contributed by atoms with Crippen LogP contribution in [0.25, 0.3) is 0 Å². The lowest BCUT2D eigenvalue weighted by Gasteiger charge is -2.25. The molecule has 0 saturated carbocycles. The van der Waals surface area contributed by atoms with Gasteiger partial charge in [-0.15, -0.1) is 0 Å². The van der Waals surface area contributed by atoms with Crippen LogP contribution in [-0.4, -0.2) is 11.9 Å². The topological polar surface area (TPSA) is 52.6 Å². The Morgan fingerprint density at radius 3 is 2.08 bits per heavy atom. The molecule has 0 aliphatic heterocycles. The Bertz CT molecular complexity index is 743. The van der Waals surface area contributed by atoms with Gasteiger partial charge >= 0.3 is 11.9 Å². The zero-order valence-electron chi connectivity index (χ0n) is 14.0. The molecule has 0 fully saturated rings. The van der Waals surface area contributed by atoms with Crippen molar-refractivity contribution in [3.63, 3.8) is 0 Å². The highest BCUT2D eigenvalue weighted by molar-refractivity contribution is 5.91. The highest BCUT2D eigenvalue weighted by atomic mass is 16.6. The molecule has 24 heavy (non-hydrogen) atoms. The van der Waals surface area contributed by atoms with Crippen LogP contribution in [0.4, 0.5) is 0 Å². The van der Waals surface area contributed by atoms with Crippen molar-refractivity contribution in [3.05, 3.63) is 77.9 Å². The highest BCUT2D eigenvalue weighted by Crippen LogP contribution is 2.26. The summed E-state index contributed by atoms with van der Waals surface area (Å²) in [7, 11) is 0. The molecular formula is C20H20O4. The lowest BCUT2D eigenvalue weighted by molar-refractivity contribution is -0.130. The van der Waals surface area contributed by atoms with Gasteiger partial charge in [0.2, 0.25) is 0 Å². The number of esters is 2. The number of ether oxygens (including phenoxy) is 2. The molecule has 4 nitrogen and oxygen atoms in total. The summed E-state index contributed by atoms with van der Waals surface area (Å²) in [5.74, 6) is -0.598. The van der Waals surface area contributed by atoms with Crippen molar-refractivity contribution in [1.82, 2.24) is 0 Å². The second-order valence-electron chi connectivity index (χ2n) is 5.96. The molecule has 2 aromatic carbocycles. The fourth-order valence-corrected chi connectivity index (χ4v) is 2.04. The third-order valence-electron chi connectivity index (χ3n) is 3.47. The lowest BCUT2D eigenvalue weighted by atomic mass is 9.98. The number of benzene rings is 2. The Labute approximate surface area is 141 Å². The summed E-state index contributed by atoms with van der Waals surface area (Å²) in [6, 6.07) is 15.7. The summed E-state index contributed by atoms with van der Waals surface area (Å²) in [5.41, 5.74) is 0.853. The van der Waals surface area contributed by atoms with E-state index in [1.165, 1.54) is 0 Å². The van der Waals surface area contributed by atoms with Gasteiger partial charge in [-0.1, -0.05) is 36.9 Å². The Morgan fingerprint density at radius 2 is 1.54 bits per heavy atom. The molecule has 124 valence electrons. The second kappa shape index (κ2) is 7.13. The maximum Gasteiger partial charge on any atom is 0.338 e. The van der Waals surface area contributed by atoms with Crippen LogP contribution in [0, 0.1) is 0 Å². The average molecular weight is 324 g/mol. The van der Waals surface area contributed by atoms with Gasteiger partial charge in [0, 0.05) is 5.57 Å². The summed E-state index contributed by atoms with van der Waals surface area (Å²) >= 11 is 0. The fourth-order valence-electron chi connectivity index (χ4n) is 2.04. The third kappa shape index (κ3) is 4.32. The molecular weight excluding hydrogens is 304 g/mol. The summed E-state index contributed by atoms with van der Waals surface area (Å²) in [6.45, 7) is 8.76. The largest absolute Gasteiger partial charge is 0.451 e. The summed E-state index contributed by atoms with van der Waals surface area (Å²) in [5, 5.41) is 0.